The van der Waals surface area contributed by atoms with E-state index >= 15 is 0 Å². The molecule has 0 fully saturated rings. The van der Waals surface area contributed by atoms with Gasteiger partial charge >= 0.3 is 12.3 Å². The van der Waals surface area contributed by atoms with E-state index in [9.17, 15) is 43.9 Å². The average Bonchev–Trinajstić information content (AvgIpc) is 2.64. The SMILES string of the molecule is Cc1ccc(C(F)(F)Oc2ccc(-c3cc(F)c(C(F)(F)F)c(F)c3)c(F)c2)c(F)c1F. The predicted molar refractivity (Wildman–Crippen MR) is 92.4 cm³/mol. The van der Waals surface area contributed by atoms with E-state index in [1.807, 2.05) is 0 Å². The average molecular weight is 468 g/mol. The number of ether oxygens (including phenoxy) is 1. The monoisotopic (exact) mass is 468 g/mol. The van der Waals surface area contributed by atoms with Gasteiger partial charge in [-0.05, 0) is 48.4 Å². The zero-order chi connectivity index (χ0) is 24.0. The molecule has 1 nitrogen and oxygen atoms in total. The molecule has 3 rings (SSSR count). The predicted octanol–water partition coefficient (Wildman–Crippen LogP) is 7.50. The fourth-order valence-corrected chi connectivity index (χ4v) is 2.87. The lowest BCUT2D eigenvalue weighted by atomic mass is 10.0. The van der Waals surface area contributed by atoms with Crippen LogP contribution in [0.2, 0.25) is 0 Å². The second kappa shape index (κ2) is 8.03. The zero-order valence-corrected chi connectivity index (χ0v) is 15.7. The largest absolute Gasteiger partial charge is 0.429 e. The van der Waals surface area contributed by atoms with Crippen LogP contribution in [0.3, 0.4) is 0 Å². The number of halogens is 10. The Kier molecular flexibility index (Phi) is 5.88. The van der Waals surface area contributed by atoms with Crippen LogP contribution in [0.4, 0.5) is 43.9 Å². The van der Waals surface area contributed by atoms with Gasteiger partial charge in [0, 0.05) is 11.6 Å². The Balaban J connectivity index is 1.95. The zero-order valence-electron chi connectivity index (χ0n) is 15.7. The minimum absolute atomic E-state index is 0.226. The Morgan fingerprint density at radius 1 is 0.688 bits per heavy atom. The van der Waals surface area contributed by atoms with Crippen LogP contribution in [0.1, 0.15) is 16.7 Å². The van der Waals surface area contributed by atoms with Gasteiger partial charge in [-0.25, -0.2) is 22.0 Å². The molecule has 0 heterocycles. The van der Waals surface area contributed by atoms with Crippen molar-refractivity contribution in [2.45, 2.75) is 19.2 Å². The van der Waals surface area contributed by atoms with Gasteiger partial charge in [0.25, 0.3) is 0 Å². The molecule has 3 aromatic carbocycles. The first-order chi connectivity index (χ1) is 14.7. The first kappa shape index (κ1) is 23.4. The Hall–Kier alpha value is -3.24. The molecule has 32 heavy (non-hydrogen) atoms. The van der Waals surface area contributed by atoms with E-state index in [0.717, 1.165) is 13.0 Å². The molecule has 0 N–H and O–H groups in total. The van der Waals surface area contributed by atoms with Crippen molar-refractivity contribution in [3.05, 3.63) is 88.2 Å². The second-order valence-electron chi connectivity index (χ2n) is 6.63. The minimum atomic E-state index is -5.33. The van der Waals surface area contributed by atoms with Crippen molar-refractivity contribution in [1.82, 2.24) is 0 Å². The van der Waals surface area contributed by atoms with Crippen molar-refractivity contribution in [1.29, 1.82) is 0 Å². The van der Waals surface area contributed by atoms with E-state index in [4.69, 9.17) is 0 Å². The van der Waals surface area contributed by atoms with E-state index in [2.05, 4.69) is 4.74 Å². The van der Waals surface area contributed by atoms with Crippen molar-refractivity contribution in [3.8, 4) is 16.9 Å². The topological polar surface area (TPSA) is 9.23 Å². The molecule has 0 unspecified atom stereocenters. The van der Waals surface area contributed by atoms with Crippen molar-refractivity contribution < 1.29 is 48.6 Å². The highest BCUT2D eigenvalue weighted by molar-refractivity contribution is 5.66. The molecule has 0 spiro atoms. The Labute approximate surface area is 173 Å². The maximum absolute atomic E-state index is 14.4. The fraction of sp³-hybridized carbons (Fsp3) is 0.143. The van der Waals surface area contributed by atoms with Crippen LogP contribution in [0.5, 0.6) is 5.75 Å². The molecule has 11 heteroatoms. The van der Waals surface area contributed by atoms with E-state index < -0.39 is 69.4 Å². The first-order valence-corrected chi connectivity index (χ1v) is 8.60. The standard InChI is InChI=1S/C21H10F10O/c1-9-2-5-13(19(26)18(9)25)21(30,31)32-11-3-4-12(14(22)8-11)10-6-15(23)17(16(24)7-10)20(27,28)29/h2-8H,1H3. The van der Waals surface area contributed by atoms with Gasteiger partial charge in [-0.15, -0.1) is 0 Å². The molecule has 0 bridgehead atoms. The molecule has 0 aliphatic rings. The van der Waals surface area contributed by atoms with Crippen molar-refractivity contribution >= 4 is 0 Å². The lowest BCUT2D eigenvalue weighted by molar-refractivity contribution is -0.187. The van der Waals surface area contributed by atoms with E-state index in [-0.39, 0.29) is 17.7 Å². The van der Waals surface area contributed by atoms with Crippen molar-refractivity contribution in [2.24, 2.45) is 0 Å². The lowest BCUT2D eigenvalue weighted by Gasteiger charge is -2.20. The molecular formula is C21H10F10O. The van der Waals surface area contributed by atoms with Gasteiger partial charge in [0.2, 0.25) is 0 Å². The summed E-state index contributed by atoms with van der Waals surface area (Å²) in [5.41, 5.74) is -5.14. The number of hydrogen-bond donors (Lipinski definition) is 0. The smallest absolute Gasteiger partial charge is 0.429 e. The van der Waals surface area contributed by atoms with Crippen LogP contribution in [-0.4, -0.2) is 0 Å². The highest BCUT2D eigenvalue weighted by atomic mass is 19.4. The van der Waals surface area contributed by atoms with Crippen molar-refractivity contribution in [3.63, 3.8) is 0 Å². The molecule has 0 aromatic heterocycles. The molecule has 170 valence electrons. The third-order valence-corrected chi connectivity index (χ3v) is 4.41. The van der Waals surface area contributed by atoms with E-state index in [0.29, 0.717) is 24.3 Å². The molecule has 0 saturated heterocycles. The summed E-state index contributed by atoms with van der Waals surface area (Å²) in [6, 6.07) is 3.68. The summed E-state index contributed by atoms with van der Waals surface area (Å²) < 4.78 is 140. The molecule has 3 aromatic rings. The molecule has 0 atom stereocenters. The number of hydrogen-bond acceptors (Lipinski definition) is 1. The first-order valence-electron chi connectivity index (χ1n) is 8.60. The van der Waals surface area contributed by atoms with Gasteiger partial charge in [0.1, 0.15) is 34.3 Å². The fourth-order valence-electron chi connectivity index (χ4n) is 2.87. The highest BCUT2D eigenvalue weighted by Gasteiger charge is 2.40. The summed E-state index contributed by atoms with van der Waals surface area (Å²) in [4.78, 5) is 0. The molecule has 0 radical (unpaired) electrons. The number of aryl methyl sites for hydroxylation is 1. The maximum Gasteiger partial charge on any atom is 0.429 e. The Morgan fingerprint density at radius 2 is 1.28 bits per heavy atom. The third kappa shape index (κ3) is 4.37. The van der Waals surface area contributed by atoms with Crippen molar-refractivity contribution in [2.75, 3.05) is 0 Å². The van der Waals surface area contributed by atoms with Crippen LogP contribution in [0.15, 0.2) is 42.5 Å². The summed E-state index contributed by atoms with van der Waals surface area (Å²) in [6.07, 6.45) is -9.77. The molecular weight excluding hydrogens is 458 g/mol. The molecule has 0 saturated carbocycles. The van der Waals surface area contributed by atoms with E-state index in [1.54, 1.807) is 0 Å². The summed E-state index contributed by atoms with van der Waals surface area (Å²) in [5.74, 6) is -9.66. The summed E-state index contributed by atoms with van der Waals surface area (Å²) in [7, 11) is 0. The Morgan fingerprint density at radius 3 is 1.81 bits per heavy atom. The molecule has 0 amide bonds. The van der Waals surface area contributed by atoms with Crippen LogP contribution in [-0.2, 0) is 12.3 Å². The highest BCUT2D eigenvalue weighted by Crippen LogP contribution is 2.38. The summed E-state index contributed by atoms with van der Waals surface area (Å²) in [5, 5.41) is 0. The minimum Gasteiger partial charge on any atom is -0.429 e. The van der Waals surface area contributed by atoms with Gasteiger partial charge in [-0.3, -0.25) is 0 Å². The van der Waals surface area contributed by atoms with Gasteiger partial charge < -0.3 is 4.74 Å². The Bertz CT molecular complexity index is 1160. The number of alkyl halides is 5. The third-order valence-electron chi connectivity index (χ3n) is 4.41. The van der Waals surface area contributed by atoms with Gasteiger partial charge in [-0.2, -0.15) is 22.0 Å². The van der Waals surface area contributed by atoms with Gasteiger partial charge in [-0.1, -0.05) is 6.07 Å². The maximum atomic E-state index is 14.4. The van der Waals surface area contributed by atoms with Gasteiger partial charge in [0.15, 0.2) is 11.6 Å². The van der Waals surface area contributed by atoms with Crippen LogP contribution in [0, 0.1) is 36.0 Å². The van der Waals surface area contributed by atoms with Gasteiger partial charge in [0.05, 0.1) is 0 Å². The quantitative estimate of drug-likeness (QED) is 0.360. The molecule has 0 aliphatic heterocycles. The van der Waals surface area contributed by atoms with Crippen LogP contribution < -0.4 is 4.74 Å². The second-order valence-corrected chi connectivity index (χ2v) is 6.63. The summed E-state index contributed by atoms with van der Waals surface area (Å²) in [6.45, 7) is 1.14. The van der Waals surface area contributed by atoms with E-state index in [1.165, 1.54) is 0 Å². The molecule has 0 aliphatic carbocycles. The number of benzene rings is 3. The summed E-state index contributed by atoms with van der Waals surface area (Å²) >= 11 is 0. The van der Waals surface area contributed by atoms with Crippen LogP contribution >= 0.6 is 0 Å². The number of rotatable bonds is 4. The van der Waals surface area contributed by atoms with Crippen LogP contribution in [0.25, 0.3) is 11.1 Å². The lowest BCUT2D eigenvalue weighted by Crippen LogP contribution is -2.24. The normalized spacial score (nSPS) is 12.2.